The van der Waals surface area contributed by atoms with Gasteiger partial charge in [-0.2, -0.15) is 0 Å². The van der Waals surface area contributed by atoms with Crippen LogP contribution in [0.25, 0.3) is 0 Å². The van der Waals surface area contributed by atoms with Gasteiger partial charge in [0.15, 0.2) is 0 Å². The van der Waals surface area contributed by atoms with E-state index in [1.165, 1.54) is 0 Å². The van der Waals surface area contributed by atoms with E-state index in [1.54, 1.807) is 6.92 Å². The molecule has 1 aliphatic rings. The highest BCUT2D eigenvalue weighted by molar-refractivity contribution is 5.99. The smallest absolute Gasteiger partial charge is 0.329 e. The minimum Gasteiger partial charge on any atom is -0.480 e. The van der Waals surface area contributed by atoms with Crippen molar-refractivity contribution in [1.82, 2.24) is 10.5 Å². The molecule has 20 heavy (non-hydrogen) atoms. The SMILES string of the molecule is CCc1noc(C)c1C(=O)NC1(C(=O)O)CCCCC1. The molecule has 0 aliphatic heterocycles. The summed E-state index contributed by atoms with van der Waals surface area (Å²) in [6.07, 6.45) is 4.16. The molecule has 0 radical (unpaired) electrons. The lowest BCUT2D eigenvalue weighted by atomic mass is 9.81. The van der Waals surface area contributed by atoms with Crippen LogP contribution in [0.4, 0.5) is 0 Å². The zero-order valence-electron chi connectivity index (χ0n) is 11.9. The highest BCUT2D eigenvalue weighted by Gasteiger charge is 2.41. The number of aromatic nitrogens is 1. The summed E-state index contributed by atoms with van der Waals surface area (Å²) in [6.45, 7) is 3.54. The summed E-state index contributed by atoms with van der Waals surface area (Å²) in [4.78, 5) is 24.0. The number of aryl methyl sites for hydroxylation is 2. The van der Waals surface area contributed by atoms with Crippen LogP contribution in [0.15, 0.2) is 4.52 Å². The van der Waals surface area contributed by atoms with Gasteiger partial charge in [-0.25, -0.2) is 4.79 Å². The Balaban J connectivity index is 2.24. The number of hydrogen-bond acceptors (Lipinski definition) is 4. The van der Waals surface area contributed by atoms with E-state index >= 15 is 0 Å². The van der Waals surface area contributed by atoms with Crippen LogP contribution in [0.3, 0.4) is 0 Å². The summed E-state index contributed by atoms with van der Waals surface area (Å²) < 4.78 is 5.03. The van der Waals surface area contributed by atoms with Crippen LogP contribution in [-0.4, -0.2) is 27.7 Å². The molecule has 0 atom stereocenters. The molecule has 0 spiro atoms. The molecule has 1 aromatic heterocycles. The van der Waals surface area contributed by atoms with Crippen molar-refractivity contribution >= 4 is 11.9 Å². The lowest BCUT2D eigenvalue weighted by Gasteiger charge is -2.33. The third-order valence-corrected chi connectivity index (χ3v) is 3.96. The van der Waals surface area contributed by atoms with E-state index in [9.17, 15) is 14.7 Å². The number of carbonyl (C=O) groups is 2. The second-order valence-electron chi connectivity index (χ2n) is 5.32. The number of carboxylic acid groups (broad SMARTS) is 1. The Hall–Kier alpha value is -1.85. The zero-order chi connectivity index (χ0) is 14.8. The largest absolute Gasteiger partial charge is 0.480 e. The maximum atomic E-state index is 12.4. The van der Waals surface area contributed by atoms with Crippen molar-refractivity contribution < 1.29 is 19.2 Å². The summed E-state index contributed by atoms with van der Waals surface area (Å²) in [5.41, 5.74) is -0.209. The van der Waals surface area contributed by atoms with E-state index in [0.717, 1.165) is 19.3 Å². The van der Waals surface area contributed by atoms with Gasteiger partial charge in [0.05, 0.1) is 5.69 Å². The number of hydrogen-bond donors (Lipinski definition) is 2. The monoisotopic (exact) mass is 280 g/mol. The van der Waals surface area contributed by atoms with Gasteiger partial charge in [-0.3, -0.25) is 4.79 Å². The quantitative estimate of drug-likeness (QED) is 0.880. The molecule has 2 rings (SSSR count). The number of carbonyl (C=O) groups excluding carboxylic acids is 1. The Labute approximate surface area is 117 Å². The summed E-state index contributed by atoms with van der Waals surface area (Å²) in [7, 11) is 0. The maximum Gasteiger partial charge on any atom is 0.329 e. The maximum absolute atomic E-state index is 12.4. The highest BCUT2D eigenvalue weighted by atomic mass is 16.5. The van der Waals surface area contributed by atoms with Gasteiger partial charge < -0.3 is 14.9 Å². The molecule has 1 fully saturated rings. The van der Waals surface area contributed by atoms with Crippen molar-refractivity contribution in [3.8, 4) is 0 Å². The molecule has 1 heterocycles. The van der Waals surface area contributed by atoms with Gasteiger partial charge in [0.1, 0.15) is 16.9 Å². The first-order valence-electron chi connectivity index (χ1n) is 7.01. The van der Waals surface area contributed by atoms with Crippen molar-refractivity contribution in [3.63, 3.8) is 0 Å². The Morgan fingerprint density at radius 2 is 2.00 bits per heavy atom. The van der Waals surface area contributed by atoms with Crippen LogP contribution in [-0.2, 0) is 11.2 Å². The fourth-order valence-corrected chi connectivity index (χ4v) is 2.78. The number of nitrogens with zero attached hydrogens (tertiary/aromatic N) is 1. The molecular formula is C14H20N2O4. The number of carboxylic acids is 1. The number of rotatable bonds is 4. The van der Waals surface area contributed by atoms with E-state index in [4.69, 9.17) is 4.52 Å². The fraction of sp³-hybridized carbons (Fsp3) is 0.643. The average molecular weight is 280 g/mol. The molecule has 0 aromatic carbocycles. The molecular weight excluding hydrogens is 260 g/mol. The highest BCUT2D eigenvalue weighted by Crippen LogP contribution is 2.29. The van der Waals surface area contributed by atoms with Crippen molar-refractivity contribution in [2.24, 2.45) is 0 Å². The molecule has 0 unspecified atom stereocenters. The molecule has 1 saturated carbocycles. The molecule has 0 saturated heterocycles. The van der Waals surface area contributed by atoms with Crippen LogP contribution in [0.1, 0.15) is 60.8 Å². The van der Waals surface area contributed by atoms with Gasteiger partial charge in [0.25, 0.3) is 5.91 Å². The van der Waals surface area contributed by atoms with Crippen LogP contribution in [0, 0.1) is 6.92 Å². The first kappa shape index (κ1) is 14.6. The van der Waals surface area contributed by atoms with E-state index in [1.807, 2.05) is 6.92 Å². The van der Waals surface area contributed by atoms with Crippen LogP contribution < -0.4 is 5.32 Å². The predicted octanol–water partition coefficient (Wildman–Crippen LogP) is 2.06. The predicted molar refractivity (Wildman–Crippen MR) is 71.5 cm³/mol. The fourth-order valence-electron chi connectivity index (χ4n) is 2.78. The van der Waals surface area contributed by atoms with Crippen LogP contribution >= 0.6 is 0 Å². The summed E-state index contributed by atoms with van der Waals surface area (Å²) in [5, 5.41) is 16.0. The summed E-state index contributed by atoms with van der Waals surface area (Å²) in [5.74, 6) is -0.932. The molecule has 6 heteroatoms. The molecule has 1 amide bonds. The average Bonchev–Trinajstić information content (AvgIpc) is 2.80. The first-order chi connectivity index (χ1) is 9.50. The van der Waals surface area contributed by atoms with Crippen molar-refractivity contribution in [2.45, 2.75) is 57.9 Å². The molecule has 0 bridgehead atoms. The number of nitrogens with one attached hydrogen (secondary N) is 1. The lowest BCUT2D eigenvalue weighted by Crippen LogP contribution is -2.55. The molecule has 1 aliphatic carbocycles. The standard InChI is InChI=1S/C14H20N2O4/c1-3-10-11(9(2)20-16-10)12(17)15-14(13(18)19)7-5-4-6-8-14/h3-8H2,1-2H3,(H,15,17)(H,18,19). The van der Waals surface area contributed by atoms with Gasteiger partial charge in [0, 0.05) is 0 Å². The second-order valence-corrected chi connectivity index (χ2v) is 5.32. The number of amides is 1. The van der Waals surface area contributed by atoms with E-state index in [-0.39, 0.29) is 0 Å². The topological polar surface area (TPSA) is 92.4 Å². The lowest BCUT2D eigenvalue weighted by molar-refractivity contribution is -0.145. The Bertz CT molecular complexity index is 515. The Morgan fingerprint density at radius 1 is 1.35 bits per heavy atom. The summed E-state index contributed by atoms with van der Waals surface area (Å²) >= 11 is 0. The Kier molecular flexibility index (Phi) is 4.11. The van der Waals surface area contributed by atoms with Crippen molar-refractivity contribution in [2.75, 3.05) is 0 Å². The minimum atomic E-state index is -1.15. The number of aliphatic carboxylic acids is 1. The van der Waals surface area contributed by atoms with Gasteiger partial charge in [-0.05, 0) is 26.2 Å². The van der Waals surface area contributed by atoms with E-state index < -0.39 is 17.4 Å². The second kappa shape index (κ2) is 5.64. The van der Waals surface area contributed by atoms with Crippen molar-refractivity contribution in [1.29, 1.82) is 0 Å². The zero-order valence-corrected chi connectivity index (χ0v) is 11.9. The summed E-state index contributed by atoms with van der Waals surface area (Å²) in [6, 6.07) is 0. The normalized spacial score (nSPS) is 17.7. The molecule has 6 nitrogen and oxygen atoms in total. The molecule has 1 aromatic rings. The van der Waals surface area contributed by atoms with Gasteiger partial charge >= 0.3 is 5.97 Å². The first-order valence-corrected chi connectivity index (χ1v) is 7.01. The van der Waals surface area contributed by atoms with Gasteiger partial charge in [0.2, 0.25) is 0 Å². The van der Waals surface area contributed by atoms with Crippen molar-refractivity contribution in [3.05, 3.63) is 17.0 Å². The minimum absolute atomic E-state index is 0.374. The third kappa shape index (κ3) is 2.55. The molecule has 2 N–H and O–H groups in total. The van der Waals surface area contributed by atoms with E-state index in [0.29, 0.717) is 36.3 Å². The van der Waals surface area contributed by atoms with E-state index in [2.05, 4.69) is 10.5 Å². The van der Waals surface area contributed by atoms with Gasteiger partial charge in [-0.1, -0.05) is 31.3 Å². The Morgan fingerprint density at radius 3 is 2.55 bits per heavy atom. The van der Waals surface area contributed by atoms with Crippen LogP contribution in [0.5, 0.6) is 0 Å². The van der Waals surface area contributed by atoms with Crippen LogP contribution in [0.2, 0.25) is 0 Å². The molecule has 110 valence electrons. The third-order valence-electron chi connectivity index (χ3n) is 3.96. The van der Waals surface area contributed by atoms with Gasteiger partial charge in [-0.15, -0.1) is 0 Å².